The van der Waals surface area contributed by atoms with Crippen LogP contribution in [0, 0.1) is 19.7 Å². The number of aryl methyl sites for hydroxylation is 1. The fourth-order valence-corrected chi connectivity index (χ4v) is 3.79. The summed E-state index contributed by atoms with van der Waals surface area (Å²) in [6.45, 7) is 3.95. The average Bonchev–Trinajstić information content (AvgIpc) is 3.18. The van der Waals surface area contributed by atoms with Gasteiger partial charge in [0.25, 0.3) is 5.91 Å². The van der Waals surface area contributed by atoms with Crippen molar-refractivity contribution in [2.45, 2.75) is 19.0 Å². The van der Waals surface area contributed by atoms with Gasteiger partial charge in [-0.25, -0.2) is 4.39 Å². The van der Waals surface area contributed by atoms with Crippen molar-refractivity contribution < 1.29 is 14.0 Å². The summed E-state index contributed by atoms with van der Waals surface area (Å²) in [4.78, 5) is 25.0. The Hall–Kier alpha value is -3.72. The van der Waals surface area contributed by atoms with Crippen LogP contribution in [0.4, 0.5) is 15.8 Å². The summed E-state index contributed by atoms with van der Waals surface area (Å²) in [5.41, 5.74) is 4.15. The van der Waals surface area contributed by atoms with Gasteiger partial charge in [-0.3, -0.25) is 14.0 Å². The summed E-state index contributed by atoms with van der Waals surface area (Å²) in [5.74, 6) is -0.862. The van der Waals surface area contributed by atoms with Crippen LogP contribution in [0.15, 0.2) is 66.0 Å². The number of halogens is 1. The monoisotopic (exact) mass is 449 g/mol. The van der Waals surface area contributed by atoms with Crippen molar-refractivity contribution in [2.24, 2.45) is 0 Å². The first-order valence-electron chi connectivity index (χ1n) is 9.81. The van der Waals surface area contributed by atoms with Crippen LogP contribution in [0.1, 0.15) is 21.5 Å². The molecule has 32 heavy (non-hydrogen) atoms. The zero-order chi connectivity index (χ0) is 22.7. The first-order chi connectivity index (χ1) is 15.4. The Morgan fingerprint density at radius 3 is 2.66 bits per heavy atom. The molecule has 4 aromatic rings. The van der Waals surface area contributed by atoms with Crippen LogP contribution in [-0.2, 0) is 4.79 Å². The number of rotatable bonds is 6. The van der Waals surface area contributed by atoms with E-state index in [1.165, 1.54) is 30.0 Å². The number of thioether (sulfide) groups is 1. The maximum atomic E-state index is 13.4. The molecule has 4 rings (SSSR count). The number of amides is 2. The normalized spacial score (nSPS) is 10.8. The first kappa shape index (κ1) is 21.5. The largest absolute Gasteiger partial charge is 0.325 e. The fraction of sp³-hybridized carbons (Fsp3) is 0.130. The molecule has 0 radical (unpaired) electrons. The topological polar surface area (TPSA) is 88.4 Å². The predicted molar refractivity (Wildman–Crippen MR) is 123 cm³/mol. The lowest BCUT2D eigenvalue weighted by molar-refractivity contribution is -0.113. The SMILES string of the molecule is Cc1cccc(NC(=O)CSc2nnc3ccc(C(=O)Nc4cccc(F)c4)cn23)c1C. The summed E-state index contributed by atoms with van der Waals surface area (Å²) in [6.07, 6.45) is 1.59. The molecule has 0 saturated heterocycles. The highest BCUT2D eigenvalue weighted by Gasteiger charge is 2.14. The summed E-state index contributed by atoms with van der Waals surface area (Å²) in [7, 11) is 0. The number of anilines is 2. The Kier molecular flexibility index (Phi) is 6.18. The van der Waals surface area contributed by atoms with E-state index in [0.717, 1.165) is 16.8 Å². The van der Waals surface area contributed by atoms with E-state index in [1.54, 1.807) is 28.8 Å². The zero-order valence-corrected chi connectivity index (χ0v) is 18.2. The fourth-order valence-electron chi connectivity index (χ4n) is 3.07. The second-order valence-corrected chi connectivity index (χ2v) is 8.12. The van der Waals surface area contributed by atoms with E-state index < -0.39 is 11.7 Å². The van der Waals surface area contributed by atoms with E-state index in [-0.39, 0.29) is 11.7 Å². The third kappa shape index (κ3) is 4.78. The Bertz CT molecular complexity index is 1320. The number of carbonyl (C=O) groups excluding carboxylic acids is 2. The van der Waals surface area contributed by atoms with Crippen molar-refractivity contribution >= 4 is 40.6 Å². The minimum Gasteiger partial charge on any atom is -0.325 e. The average molecular weight is 450 g/mol. The number of benzene rings is 2. The molecule has 9 heteroatoms. The molecule has 0 aliphatic rings. The Balaban J connectivity index is 1.46. The molecule has 2 amide bonds. The standard InChI is InChI=1S/C23H20FN5O2S/c1-14-5-3-8-19(15(14)2)26-21(30)13-32-23-28-27-20-10-9-16(12-29(20)23)22(31)25-18-7-4-6-17(24)11-18/h3-12H,13H2,1-2H3,(H,25,31)(H,26,30). The van der Waals surface area contributed by atoms with Gasteiger partial charge in [0.05, 0.1) is 11.3 Å². The molecule has 2 aromatic heterocycles. The second kappa shape index (κ2) is 9.19. The molecular formula is C23H20FN5O2S. The van der Waals surface area contributed by atoms with E-state index in [4.69, 9.17) is 0 Å². The van der Waals surface area contributed by atoms with Crippen molar-refractivity contribution in [3.05, 3.63) is 83.3 Å². The molecule has 0 unspecified atom stereocenters. The number of aromatic nitrogens is 3. The van der Waals surface area contributed by atoms with Gasteiger partial charge in [-0.2, -0.15) is 0 Å². The van der Waals surface area contributed by atoms with Crippen molar-refractivity contribution in [3.8, 4) is 0 Å². The van der Waals surface area contributed by atoms with Crippen molar-refractivity contribution in [3.63, 3.8) is 0 Å². The number of hydrogen-bond donors (Lipinski definition) is 2. The molecule has 2 heterocycles. The molecule has 0 fully saturated rings. The van der Waals surface area contributed by atoms with Crippen molar-refractivity contribution in [1.82, 2.24) is 14.6 Å². The number of pyridine rings is 1. The first-order valence-corrected chi connectivity index (χ1v) is 10.8. The maximum absolute atomic E-state index is 13.4. The van der Waals surface area contributed by atoms with Crippen molar-refractivity contribution in [1.29, 1.82) is 0 Å². The molecular weight excluding hydrogens is 429 g/mol. The molecule has 0 atom stereocenters. The van der Waals surface area contributed by atoms with Crippen LogP contribution in [0.3, 0.4) is 0 Å². The Morgan fingerprint density at radius 2 is 1.84 bits per heavy atom. The predicted octanol–water partition coefficient (Wildman–Crippen LogP) is 4.47. The molecule has 0 aliphatic carbocycles. The summed E-state index contributed by atoms with van der Waals surface area (Å²) < 4.78 is 15.0. The van der Waals surface area contributed by atoms with Crippen LogP contribution >= 0.6 is 11.8 Å². The lowest BCUT2D eigenvalue weighted by atomic mass is 10.1. The Morgan fingerprint density at radius 1 is 1.03 bits per heavy atom. The van der Waals surface area contributed by atoms with Crippen LogP contribution in [0.2, 0.25) is 0 Å². The van der Waals surface area contributed by atoms with Gasteiger partial charge in [0, 0.05) is 17.6 Å². The number of nitrogens with one attached hydrogen (secondary N) is 2. The molecule has 0 saturated carbocycles. The molecule has 2 N–H and O–H groups in total. The van der Waals surface area contributed by atoms with Gasteiger partial charge in [-0.15, -0.1) is 10.2 Å². The van der Waals surface area contributed by atoms with Crippen LogP contribution in [0.5, 0.6) is 0 Å². The van der Waals surface area contributed by atoms with Crippen LogP contribution < -0.4 is 10.6 Å². The van der Waals surface area contributed by atoms with Crippen LogP contribution in [-0.4, -0.2) is 32.2 Å². The maximum Gasteiger partial charge on any atom is 0.257 e. The van der Waals surface area contributed by atoms with Crippen LogP contribution in [0.25, 0.3) is 5.65 Å². The molecule has 162 valence electrons. The summed E-state index contributed by atoms with van der Waals surface area (Å²) >= 11 is 1.22. The lowest BCUT2D eigenvalue weighted by Gasteiger charge is -2.10. The van der Waals surface area contributed by atoms with Gasteiger partial charge in [0.15, 0.2) is 10.8 Å². The third-order valence-corrected chi connectivity index (χ3v) is 5.87. The molecule has 2 aromatic carbocycles. The highest BCUT2D eigenvalue weighted by molar-refractivity contribution is 7.99. The van der Waals surface area contributed by atoms with Gasteiger partial charge >= 0.3 is 0 Å². The summed E-state index contributed by atoms with van der Waals surface area (Å²) in [6, 6.07) is 14.7. The smallest absolute Gasteiger partial charge is 0.257 e. The molecule has 7 nitrogen and oxygen atoms in total. The number of carbonyl (C=O) groups is 2. The van der Waals surface area contributed by atoms with Gasteiger partial charge in [-0.05, 0) is 61.4 Å². The lowest BCUT2D eigenvalue weighted by Crippen LogP contribution is -2.15. The second-order valence-electron chi connectivity index (χ2n) is 7.18. The third-order valence-electron chi connectivity index (χ3n) is 4.93. The van der Waals surface area contributed by atoms with E-state index in [0.29, 0.717) is 22.1 Å². The van der Waals surface area contributed by atoms with E-state index in [9.17, 15) is 14.0 Å². The number of fused-ring (bicyclic) bond motifs is 1. The number of hydrogen-bond acceptors (Lipinski definition) is 5. The van der Waals surface area contributed by atoms with E-state index >= 15 is 0 Å². The van der Waals surface area contributed by atoms with E-state index in [1.807, 2.05) is 32.0 Å². The molecule has 0 aliphatic heterocycles. The molecule has 0 spiro atoms. The van der Waals surface area contributed by atoms with Gasteiger partial charge < -0.3 is 10.6 Å². The van der Waals surface area contributed by atoms with Gasteiger partial charge in [0.2, 0.25) is 5.91 Å². The molecule has 0 bridgehead atoms. The zero-order valence-electron chi connectivity index (χ0n) is 17.4. The highest BCUT2D eigenvalue weighted by Crippen LogP contribution is 2.21. The minimum atomic E-state index is -0.435. The van der Waals surface area contributed by atoms with Crippen molar-refractivity contribution in [2.75, 3.05) is 16.4 Å². The van der Waals surface area contributed by atoms with Gasteiger partial charge in [-0.1, -0.05) is 30.0 Å². The van der Waals surface area contributed by atoms with Gasteiger partial charge in [0.1, 0.15) is 5.82 Å². The highest BCUT2D eigenvalue weighted by atomic mass is 32.2. The minimum absolute atomic E-state index is 0.133. The Labute approximate surface area is 188 Å². The number of nitrogens with zero attached hydrogens (tertiary/aromatic N) is 3. The quantitative estimate of drug-likeness (QED) is 0.424. The van der Waals surface area contributed by atoms with E-state index in [2.05, 4.69) is 20.8 Å². The summed E-state index contributed by atoms with van der Waals surface area (Å²) in [5, 5.41) is 14.3.